The minimum absolute atomic E-state index is 0.00350. The van der Waals surface area contributed by atoms with Gasteiger partial charge in [-0.2, -0.15) is 5.26 Å². The Morgan fingerprint density at radius 2 is 1.65 bits per heavy atom. The molecule has 7 heteroatoms. The number of nitrogens with one attached hydrogen (secondary N) is 2. The highest BCUT2D eigenvalue weighted by Crippen LogP contribution is 2.12. The third-order valence-electron chi connectivity index (χ3n) is 4.01. The van der Waals surface area contributed by atoms with E-state index in [1.165, 1.54) is 7.11 Å². The molecule has 0 unspecified atom stereocenters. The molecule has 3 atom stereocenters. The van der Waals surface area contributed by atoms with Crippen LogP contribution in [0.5, 0.6) is 0 Å². The number of methoxy groups -OCH3 is 1. The summed E-state index contributed by atoms with van der Waals surface area (Å²) in [5.74, 6) is -1.68. The first kappa shape index (κ1) is 21.2. The van der Waals surface area contributed by atoms with Crippen LogP contribution in [0.2, 0.25) is 0 Å². The van der Waals surface area contributed by atoms with Gasteiger partial charge < -0.3 is 15.4 Å². The minimum Gasteiger partial charge on any atom is -0.467 e. The first-order valence-corrected chi connectivity index (χ1v) is 8.47. The standard InChI is InChI=1S/C19H25N3O4/c1-13(11-12-20)18(19(25)26-3)22-17(24)10-9-16(23)21-14(2)15-7-5-4-6-8-15/h4-8,13-14,18H,9-11H2,1-3H3,(H,21,23)(H,22,24)/t13-,14+,18-/m0/s1. The molecule has 1 aromatic rings. The second kappa shape index (κ2) is 10.9. The number of ether oxygens (including phenoxy) is 1. The van der Waals surface area contributed by atoms with Crippen LogP contribution in [-0.2, 0) is 19.1 Å². The Morgan fingerprint density at radius 1 is 1.08 bits per heavy atom. The molecule has 2 amide bonds. The SMILES string of the molecule is COC(=O)[C@@H](NC(=O)CCC(=O)N[C@H](C)c1ccccc1)[C@@H](C)CC#N. The first-order valence-electron chi connectivity index (χ1n) is 8.47. The Morgan fingerprint density at radius 3 is 2.19 bits per heavy atom. The minimum atomic E-state index is -0.904. The fourth-order valence-corrected chi connectivity index (χ4v) is 2.43. The lowest BCUT2D eigenvalue weighted by atomic mass is 9.98. The number of hydrogen-bond acceptors (Lipinski definition) is 5. The van der Waals surface area contributed by atoms with E-state index in [1.54, 1.807) is 6.92 Å². The van der Waals surface area contributed by atoms with Gasteiger partial charge in [-0.25, -0.2) is 4.79 Å². The number of benzene rings is 1. The highest BCUT2D eigenvalue weighted by molar-refractivity contribution is 5.87. The summed E-state index contributed by atoms with van der Waals surface area (Å²) < 4.78 is 4.67. The van der Waals surface area contributed by atoms with Gasteiger partial charge in [0.15, 0.2) is 0 Å². The summed E-state index contributed by atoms with van der Waals surface area (Å²) in [7, 11) is 1.22. The van der Waals surface area contributed by atoms with Crippen molar-refractivity contribution < 1.29 is 19.1 Å². The van der Waals surface area contributed by atoms with E-state index in [1.807, 2.05) is 43.3 Å². The van der Waals surface area contributed by atoms with E-state index in [0.29, 0.717) is 0 Å². The molecular weight excluding hydrogens is 334 g/mol. The molecule has 26 heavy (non-hydrogen) atoms. The maximum Gasteiger partial charge on any atom is 0.328 e. The van der Waals surface area contributed by atoms with Gasteiger partial charge in [-0.05, 0) is 12.5 Å². The Balaban J connectivity index is 2.49. The predicted octanol–water partition coefficient (Wildman–Crippen LogP) is 1.85. The van der Waals surface area contributed by atoms with Crippen molar-refractivity contribution >= 4 is 17.8 Å². The summed E-state index contributed by atoms with van der Waals surface area (Å²) in [4.78, 5) is 35.9. The van der Waals surface area contributed by atoms with E-state index in [2.05, 4.69) is 15.4 Å². The summed E-state index contributed by atoms with van der Waals surface area (Å²) in [6, 6.07) is 10.4. The molecule has 1 rings (SSSR count). The van der Waals surface area contributed by atoms with Crippen molar-refractivity contribution in [1.29, 1.82) is 5.26 Å². The fraction of sp³-hybridized carbons (Fsp3) is 0.474. The number of nitrogens with zero attached hydrogens (tertiary/aromatic N) is 1. The van der Waals surface area contributed by atoms with Gasteiger partial charge in [0.2, 0.25) is 11.8 Å². The van der Waals surface area contributed by atoms with Crippen LogP contribution in [0.25, 0.3) is 0 Å². The predicted molar refractivity (Wildman–Crippen MR) is 95.6 cm³/mol. The van der Waals surface area contributed by atoms with Crippen molar-refractivity contribution in [3.63, 3.8) is 0 Å². The summed E-state index contributed by atoms with van der Waals surface area (Å²) >= 11 is 0. The van der Waals surface area contributed by atoms with Gasteiger partial charge >= 0.3 is 5.97 Å². The maximum atomic E-state index is 12.1. The Hall–Kier alpha value is -2.88. The molecule has 0 aromatic heterocycles. The monoisotopic (exact) mass is 359 g/mol. The van der Waals surface area contributed by atoms with E-state index in [9.17, 15) is 14.4 Å². The number of carbonyl (C=O) groups excluding carboxylic acids is 3. The van der Waals surface area contributed by atoms with E-state index < -0.39 is 17.9 Å². The summed E-state index contributed by atoms with van der Waals surface area (Å²) in [6.45, 7) is 3.55. The summed E-state index contributed by atoms with van der Waals surface area (Å²) in [5.41, 5.74) is 0.974. The molecule has 0 fully saturated rings. The highest BCUT2D eigenvalue weighted by Gasteiger charge is 2.27. The van der Waals surface area contributed by atoms with Gasteiger partial charge in [0.05, 0.1) is 19.2 Å². The zero-order chi connectivity index (χ0) is 19.5. The van der Waals surface area contributed by atoms with Crippen molar-refractivity contribution in [2.45, 2.75) is 45.2 Å². The lowest BCUT2D eigenvalue weighted by molar-refractivity contribution is -0.146. The Labute approximate surface area is 153 Å². The molecule has 0 aliphatic carbocycles. The van der Waals surface area contributed by atoms with Gasteiger partial charge in [-0.3, -0.25) is 9.59 Å². The zero-order valence-electron chi connectivity index (χ0n) is 15.3. The van der Waals surface area contributed by atoms with E-state index in [-0.39, 0.29) is 37.1 Å². The highest BCUT2D eigenvalue weighted by atomic mass is 16.5. The van der Waals surface area contributed by atoms with Crippen molar-refractivity contribution in [2.75, 3.05) is 7.11 Å². The van der Waals surface area contributed by atoms with Gasteiger partial charge in [0, 0.05) is 25.2 Å². The normalized spacial score (nSPS) is 13.6. The van der Waals surface area contributed by atoms with Gasteiger partial charge in [-0.1, -0.05) is 37.3 Å². The van der Waals surface area contributed by atoms with Gasteiger partial charge in [-0.15, -0.1) is 0 Å². The molecule has 0 radical (unpaired) electrons. The zero-order valence-corrected chi connectivity index (χ0v) is 15.3. The third-order valence-corrected chi connectivity index (χ3v) is 4.01. The third kappa shape index (κ3) is 6.93. The van der Waals surface area contributed by atoms with Crippen LogP contribution in [0, 0.1) is 17.2 Å². The topological polar surface area (TPSA) is 108 Å². The molecule has 7 nitrogen and oxygen atoms in total. The maximum absolute atomic E-state index is 12.1. The van der Waals surface area contributed by atoms with Crippen LogP contribution in [-0.4, -0.2) is 30.9 Å². The number of esters is 1. The van der Waals surface area contributed by atoms with E-state index >= 15 is 0 Å². The molecule has 0 saturated heterocycles. The second-order valence-corrected chi connectivity index (χ2v) is 6.11. The average molecular weight is 359 g/mol. The Kier molecular flexibility index (Phi) is 8.85. The van der Waals surface area contributed by atoms with Crippen molar-refractivity contribution in [2.24, 2.45) is 5.92 Å². The molecule has 2 N–H and O–H groups in total. The molecule has 0 heterocycles. The van der Waals surface area contributed by atoms with Crippen molar-refractivity contribution in [1.82, 2.24) is 10.6 Å². The number of rotatable bonds is 9. The van der Waals surface area contributed by atoms with E-state index in [0.717, 1.165) is 5.56 Å². The fourth-order valence-electron chi connectivity index (χ4n) is 2.43. The molecule has 0 aliphatic heterocycles. The van der Waals surface area contributed by atoms with Crippen molar-refractivity contribution in [3.8, 4) is 6.07 Å². The number of nitriles is 1. The molecular formula is C19H25N3O4. The van der Waals surface area contributed by atoms with Gasteiger partial charge in [0.25, 0.3) is 0 Å². The largest absolute Gasteiger partial charge is 0.467 e. The van der Waals surface area contributed by atoms with E-state index in [4.69, 9.17) is 5.26 Å². The Bertz CT molecular complexity index is 654. The molecule has 0 saturated carbocycles. The quantitative estimate of drug-likeness (QED) is 0.654. The second-order valence-electron chi connectivity index (χ2n) is 6.11. The molecule has 0 bridgehead atoms. The smallest absolute Gasteiger partial charge is 0.328 e. The molecule has 1 aromatic carbocycles. The summed E-state index contributed by atoms with van der Waals surface area (Å²) in [5, 5.41) is 14.1. The van der Waals surface area contributed by atoms with Crippen LogP contribution in [0.15, 0.2) is 30.3 Å². The van der Waals surface area contributed by atoms with Crippen LogP contribution < -0.4 is 10.6 Å². The molecule has 140 valence electrons. The van der Waals surface area contributed by atoms with Gasteiger partial charge in [0.1, 0.15) is 6.04 Å². The number of amides is 2. The van der Waals surface area contributed by atoms with Crippen LogP contribution in [0.1, 0.15) is 44.7 Å². The molecule has 0 spiro atoms. The summed E-state index contributed by atoms with van der Waals surface area (Å²) in [6.07, 6.45) is 0.0543. The van der Waals surface area contributed by atoms with Crippen LogP contribution in [0.3, 0.4) is 0 Å². The van der Waals surface area contributed by atoms with Crippen LogP contribution >= 0.6 is 0 Å². The lowest BCUT2D eigenvalue weighted by Crippen LogP contribution is -2.46. The molecule has 0 aliphatic rings. The number of carbonyl (C=O) groups is 3. The number of hydrogen-bond donors (Lipinski definition) is 2. The average Bonchev–Trinajstić information content (AvgIpc) is 2.64. The van der Waals surface area contributed by atoms with Crippen LogP contribution in [0.4, 0.5) is 0 Å². The lowest BCUT2D eigenvalue weighted by Gasteiger charge is -2.21. The first-order chi connectivity index (χ1) is 12.4. The van der Waals surface area contributed by atoms with Crippen molar-refractivity contribution in [3.05, 3.63) is 35.9 Å².